The molecule has 0 fully saturated rings. The zero-order valence-electron chi connectivity index (χ0n) is 18.2. The summed E-state index contributed by atoms with van der Waals surface area (Å²) >= 11 is 0. The molecule has 0 radical (unpaired) electrons. The first kappa shape index (κ1) is 20.2. The molecule has 0 heteroatoms. The molecule has 1 atom stereocenters. The van der Waals surface area contributed by atoms with Crippen LogP contribution in [-0.2, 0) is 6.42 Å². The molecule has 0 saturated heterocycles. The summed E-state index contributed by atoms with van der Waals surface area (Å²) in [5.74, 6) is 0.717. The maximum absolute atomic E-state index is 2.32. The van der Waals surface area contributed by atoms with Crippen LogP contribution in [0.25, 0.3) is 0 Å². The second-order valence-corrected chi connectivity index (χ2v) is 8.41. The summed E-state index contributed by atoms with van der Waals surface area (Å²) in [4.78, 5) is 0. The van der Waals surface area contributed by atoms with Crippen molar-refractivity contribution in [2.75, 3.05) is 0 Å². The lowest BCUT2D eigenvalue weighted by atomic mass is 9.81. The number of rotatable bonds is 6. The van der Waals surface area contributed by atoms with Gasteiger partial charge in [0.1, 0.15) is 0 Å². The van der Waals surface area contributed by atoms with Gasteiger partial charge in [0, 0.05) is 11.8 Å². The molecule has 30 heavy (non-hydrogen) atoms. The number of hydrogen-bond donors (Lipinski definition) is 0. The third kappa shape index (κ3) is 4.54. The summed E-state index contributed by atoms with van der Waals surface area (Å²) < 4.78 is 0. The normalized spacial score (nSPS) is 12.1. The van der Waals surface area contributed by atoms with E-state index in [0.717, 1.165) is 6.42 Å². The summed E-state index contributed by atoms with van der Waals surface area (Å²) in [5, 5.41) is 0. The molecule has 0 N–H and O–H groups in total. The predicted octanol–water partition coefficient (Wildman–Crippen LogP) is 7.83. The monoisotopic (exact) mass is 390 g/mol. The van der Waals surface area contributed by atoms with Crippen LogP contribution in [0.3, 0.4) is 0 Å². The Morgan fingerprint density at radius 3 is 1.60 bits per heavy atom. The number of hydrogen-bond acceptors (Lipinski definition) is 0. The SMILES string of the molecule is Cc1ccc(C(Cc2ccccc2C(C)c2ccccc2)c2ccc(C)cc2)cc1. The molecular weight excluding hydrogens is 360 g/mol. The molecule has 0 aliphatic carbocycles. The fourth-order valence-electron chi connectivity index (χ4n) is 4.31. The molecule has 150 valence electrons. The van der Waals surface area contributed by atoms with Gasteiger partial charge in [0.2, 0.25) is 0 Å². The van der Waals surface area contributed by atoms with Gasteiger partial charge in [-0.25, -0.2) is 0 Å². The van der Waals surface area contributed by atoms with Crippen LogP contribution < -0.4 is 0 Å². The van der Waals surface area contributed by atoms with Crippen LogP contribution in [-0.4, -0.2) is 0 Å². The molecule has 0 bridgehead atoms. The third-order valence-electron chi connectivity index (χ3n) is 6.20. The summed E-state index contributed by atoms with van der Waals surface area (Å²) in [5.41, 5.74) is 9.59. The van der Waals surface area contributed by atoms with Gasteiger partial charge in [0.05, 0.1) is 0 Å². The number of aryl methyl sites for hydroxylation is 2. The van der Waals surface area contributed by atoms with Gasteiger partial charge in [0.25, 0.3) is 0 Å². The summed E-state index contributed by atoms with van der Waals surface area (Å²) in [6.45, 7) is 6.63. The summed E-state index contributed by atoms with van der Waals surface area (Å²) in [6, 6.07) is 37.9. The molecule has 0 amide bonds. The van der Waals surface area contributed by atoms with Crippen molar-refractivity contribution in [2.24, 2.45) is 0 Å². The van der Waals surface area contributed by atoms with E-state index in [2.05, 4.69) is 124 Å². The van der Waals surface area contributed by atoms with E-state index in [4.69, 9.17) is 0 Å². The Morgan fingerprint density at radius 1 is 0.533 bits per heavy atom. The standard InChI is InChI=1S/C30H30/c1-22-13-17-26(18-14-22)30(27-19-15-23(2)16-20-27)21-28-11-7-8-12-29(28)24(3)25-9-5-4-6-10-25/h4-20,24,30H,21H2,1-3H3. The third-order valence-corrected chi connectivity index (χ3v) is 6.20. The van der Waals surface area contributed by atoms with E-state index < -0.39 is 0 Å². The Labute approximate surface area is 181 Å². The van der Waals surface area contributed by atoms with E-state index in [-0.39, 0.29) is 0 Å². The van der Waals surface area contributed by atoms with Crippen molar-refractivity contribution in [1.29, 1.82) is 0 Å². The Bertz CT molecular complexity index is 1030. The van der Waals surface area contributed by atoms with Crippen molar-refractivity contribution in [3.8, 4) is 0 Å². The highest BCUT2D eigenvalue weighted by molar-refractivity contribution is 5.42. The molecule has 0 aromatic heterocycles. The van der Waals surface area contributed by atoms with Crippen LogP contribution in [0, 0.1) is 13.8 Å². The highest BCUT2D eigenvalue weighted by atomic mass is 14.2. The Kier molecular flexibility index (Phi) is 6.14. The largest absolute Gasteiger partial charge is 0.0622 e. The molecule has 4 aromatic carbocycles. The van der Waals surface area contributed by atoms with Gasteiger partial charge >= 0.3 is 0 Å². The minimum Gasteiger partial charge on any atom is -0.0622 e. The van der Waals surface area contributed by atoms with Crippen molar-refractivity contribution < 1.29 is 0 Å². The molecule has 4 aromatic rings. The molecule has 1 unspecified atom stereocenters. The predicted molar refractivity (Wildman–Crippen MR) is 128 cm³/mol. The van der Waals surface area contributed by atoms with E-state index in [1.54, 1.807) is 0 Å². The maximum Gasteiger partial charge on any atom is 0.0130 e. The molecular formula is C30H30. The summed E-state index contributed by atoms with van der Waals surface area (Å²) in [6.07, 6.45) is 0.999. The van der Waals surface area contributed by atoms with Gasteiger partial charge < -0.3 is 0 Å². The first-order valence-corrected chi connectivity index (χ1v) is 10.9. The van der Waals surface area contributed by atoms with Crippen molar-refractivity contribution in [1.82, 2.24) is 0 Å². The average Bonchev–Trinajstić information content (AvgIpc) is 2.79. The van der Waals surface area contributed by atoms with Crippen LogP contribution in [0.5, 0.6) is 0 Å². The van der Waals surface area contributed by atoms with Crippen LogP contribution in [0.2, 0.25) is 0 Å². The van der Waals surface area contributed by atoms with Crippen LogP contribution in [0.4, 0.5) is 0 Å². The lowest BCUT2D eigenvalue weighted by Gasteiger charge is -2.23. The maximum atomic E-state index is 2.32. The summed E-state index contributed by atoms with van der Waals surface area (Å²) in [7, 11) is 0. The van der Waals surface area contributed by atoms with Crippen molar-refractivity contribution in [2.45, 2.75) is 39.0 Å². The minimum atomic E-state index is 0.343. The van der Waals surface area contributed by atoms with Gasteiger partial charge in [-0.15, -0.1) is 0 Å². The van der Waals surface area contributed by atoms with Crippen molar-refractivity contribution in [3.63, 3.8) is 0 Å². The van der Waals surface area contributed by atoms with Gasteiger partial charge in [-0.2, -0.15) is 0 Å². The van der Waals surface area contributed by atoms with Gasteiger partial charge in [-0.3, -0.25) is 0 Å². The van der Waals surface area contributed by atoms with E-state index in [9.17, 15) is 0 Å². The first-order valence-electron chi connectivity index (χ1n) is 10.9. The minimum absolute atomic E-state index is 0.343. The fourth-order valence-corrected chi connectivity index (χ4v) is 4.31. The van der Waals surface area contributed by atoms with Gasteiger partial charge in [-0.1, -0.05) is 121 Å². The average molecular weight is 391 g/mol. The molecule has 4 rings (SSSR count). The van der Waals surface area contributed by atoms with E-state index in [1.807, 2.05) is 0 Å². The van der Waals surface area contributed by atoms with E-state index in [1.165, 1.54) is 38.9 Å². The first-order chi connectivity index (χ1) is 14.6. The Hall–Kier alpha value is -3.12. The van der Waals surface area contributed by atoms with Crippen LogP contribution in [0.15, 0.2) is 103 Å². The second-order valence-electron chi connectivity index (χ2n) is 8.41. The molecule has 0 spiro atoms. The zero-order valence-corrected chi connectivity index (χ0v) is 18.2. The fraction of sp³-hybridized carbons (Fsp3) is 0.200. The smallest absolute Gasteiger partial charge is 0.0130 e. The molecule has 0 aliphatic heterocycles. The van der Waals surface area contributed by atoms with E-state index >= 15 is 0 Å². The van der Waals surface area contributed by atoms with Crippen LogP contribution >= 0.6 is 0 Å². The van der Waals surface area contributed by atoms with Crippen molar-refractivity contribution in [3.05, 3.63) is 142 Å². The van der Waals surface area contributed by atoms with Crippen LogP contribution in [0.1, 0.15) is 57.7 Å². The molecule has 0 nitrogen and oxygen atoms in total. The lowest BCUT2D eigenvalue weighted by molar-refractivity contribution is 0.781. The number of benzene rings is 4. The van der Waals surface area contributed by atoms with E-state index in [0.29, 0.717) is 11.8 Å². The highest BCUT2D eigenvalue weighted by Crippen LogP contribution is 2.33. The molecule has 0 saturated carbocycles. The Morgan fingerprint density at radius 2 is 1.03 bits per heavy atom. The molecule has 0 heterocycles. The molecule has 0 aliphatic rings. The quantitative estimate of drug-likeness (QED) is 0.315. The van der Waals surface area contributed by atoms with Gasteiger partial charge in [0.15, 0.2) is 0 Å². The zero-order chi connectivity index (χ0) is 20.9. The lowest BCUT2D eigenvalue weighted by Crippen LogP contribution is -2.09. The topological polar surface area (TPSA) is 0 Å². The highest BCUT2D eigenvalue weighted by Gasteiger charge is 2.19. The van der Waals surface area contributed by atoms with Crippen molar-refractivity contribution >= 4 is 0 Å². The second kappa shape index (κ2) is 9.13. The Balaban J connectivity index is 1.73. The van der Waals surface area contributed by atoms with Gasteiger partial charge in [-0.05, 0) is 48.1 Å².